The lowest BCUT2D eigenvalue weighted by molar-refractivity contribution is -0.122. The minimum Gasteiger partial charge on any atom is -0.356 e. The molecule has 2 heterocycles. The van der Waals surface area contributed by atoms with Crippen molar-refractivity contribution in [2.75, 3.05) is 6.54 Å². The molecule has 19 heavy (non-hydrogen) atoms. The first kappa shape index (κ1) is 14.8. The standard InChI is InChI=1S/C16H30N2O/c1-11(2)16(3,4)10-17-15(19)9-12-7-13-5-6-14(8-12)18-13/h11-14,18H,5-10H2,1-4H3,(H,17,19). The molecule has 0 aromatic heterocycles. The van der Waals surface area contributed by atoms with Gasteiger partial charge in [-0.3, -0.25) is 4.79 Å². The molecule has 3 nitrogen and oxygen atoms in total. The van der Waals surface area contributed by atoms with Crippen LogP contribution in [0.4, 0.5) is 0 Å². The third-order valence-electron chi connectivity index (χ3n) is 5.35. The average Bonchev–Trinajstić information content (AvgIpc) is 2.66. The van der Waals surface area contributed by atoms with E-state index in [1.807, 2.05) is 0 Å². The summed E-state index contributed by atoms with van der Waals surface area (Å²) < 4.78 is 0. The SMILES string of the molecule is CC(C)C(C)(C)CNC(=O)CC1CC2CCC(C1)N2. The Morgan fingerprint density at radius 1 is 1.26 bits per heavy atom. The number of fused-ring (bicyclic) bond motifs is 2. The van der Waals surface area contributed by atoms with Crippen LogP contribution in [0.15, 0.2) is 0 Å². The van der Waals surface area contributed by atoms with E-state index in [9.17, 15) is 4.79 Å². The lowest BCUT2D eigenvalue weighted by atomic mass is 9.81. The Bertz CT molecular complexity index is 313. The summed E-state index contributed by atoms with van der Waals surface area (Å²) in [7, 11) is 0. The normalized spacial score (nSPS) is 30.7. The van der Waals surface area contributed by atoms with Gasteiger partial charge in [-0.25, -0.2) is 0 Å². The molecule has 0 radical (unpaired) electrons. The summed E-state index contributed by atoms with van der Waals surface area (Å²) in [6.45, 7) is 9.68. The summed E-state index contributed by atoms with van der Waals surface area (Å²) in [6, 6.07) is 1.37. The number of amides is 1. The third kappa shape index (κ3) is 3.95. The van der Waals surface area contributed by atoms with Crippen molar-refractivity contribution in [2.45, 2.75) is 71.9 Å². The van der Waals surface area contributed by atoms with E-state index in [-0.39, 0.29) is 11.3 Å². The minimum atomic E-state index is 0.183. The van der Waals surface area contributed by atoms with Crippen molar-refractivity contribution in [2.24, 2.45) is 17.3 Å². The summed E-state index contributed by atoms with van der Waals surface area (Å²) in [4.78, 5) is 12.1. The Morgan fingerprint density at radius 2 is 1.84 bits per heavy atom. The Balaban J connectivity index is 1.73. The van der Waals surface area contributed by atoms with Crippen molar-refractivity contribution in [1.29, 1.82) is 0 Å². The van der Waals surface area contributed by atoms with Crippen LogP contribution in [0.3, 0.4) is 0 Å². The highest BCUT2D eigenvalue weighted by Crippen LogP contribution is 2.32. The summed E-state index contributed by atoms with van der Waals surface area (Å²) in [5.74, 6) is 1.43. The smallest absolute Gasteiger partial charge is 0.220 e. The average molecular weight is 266 g/mol. The summed E-state index contributed by atoms with van der Waals surface area (Å²) >= 11 is 0. The molecule has 0 aliphatic carbocycles. The molecule has 0 aromatic carbocycles. The molecule has 0 aromatic rings. The van der Waals surface area contributed by atoms with Crippen molar-refractivity contribution in [3.63, 3.8) is 0 Å². The zero-order valence-corrected chi connectivity index (χ0v) is 13.0. The van der Waals surface area contributed by atoms with E-state index >= 15 is 0 Å². The Labute approximate surface area is 117 Å². The second kappa shape index (κ2) is 5.82. The maximum atomic E-state index is 12.1. The van der Waals surface area contributed by atoms with Gasteiger partial charge in [0.05, 0.1) is 0 Å². The highest BCUT2D eigenvalue weighted by atomic mass is 16.1. The van der Waals surface area contributed by atoms with Crippen LogP contribution in [0.25, 0.3) is 0 Å². The van der Waals surface area contributed by atoms with Crippen LogP contribution in [-0.4, -0.2) is 24.5 Å². The summed E-state index contributed by atoms with van der Waals surface area (Å²) in [6.07, 6.45) is 5.73. The molecule has 3 heteroatoms. The zero-order chi connectivity index (χ0) is 14.0. The van der Waals surface area contributed by atoms with Crippen molar-refractivity contribution in [3.05, 3.63) is 0 Å². The Kier molecular flexibility index (Phi) is 4.54. The molecule has 2 unspecified atom stereocenters. The number of hydrogen-bond acceptors (Lipinski definition) is 2. The van der Waals surface area contributed by atoms with E-state index in [1.165, 1.54) is 25.7 Å². The number of carbonyl (C=O) groups is 1. The lowest BCUT2D eigenvalue weighted by Crippen LogP contribution is -2.41. The Hall–Kier alpha value is -0.570. The Morgan fingerprint density at radius 3 is 2.37 bits per heavy atom. The van der Waals surface area contributed by atoms with Crippen LogP contribution in [0.5, 0.6) is 0 Å². The third-order valence-corrected chi connectivity index (χ3v) is 5.35. The van der Waals surface area contributed by atoms with E-state index in [4.69, 9.17) is 0 Å². The van der Waals surface area contributed by atoms with Gasteiger partial charge in [-0.2, -0.15) is 0 Å². The van der Waals surface area contributed by atoms with Crippen LogP contribution < -0.4 is 10.6 Å². The molecular formula is C16H30N2O. The topological polar surface area (TPSA) is 41.1 Å². The molecule has 2 atom stereocenters. The number of hydrogen-bond donors (Lipinski definition) is 2. The number of carbonyl (C=O) groups excluding carboxylic acids is 1. The van der Waals surface area contributed by atoms with E-state index in [0.717, 1.165) is 13.0 Å². The van der Waals surface area contributed by atoms with Gasteiger partial charge >= 0.3 is 0 Å². The van der Waals surface area contributed by atoms with Gasteiger partial charge in [0.2, 0.25) is 5.91 Å². The molecule has 2 aliphatic rings. The molecular weight excluding hydrogens is 236 g/mol. The fourth-order valence-electron chi connectivity index (χ4n) is 3.21. The maximum Gasteiger partial charge on any atom is 0.220 e. The molecule has 1 amide bonds. The molecule has 110 valence electrons. The molecule has 2 bridgehead atoms. The monoisotopic (exact) mass is 266 g/mol. The van der Waals surface area contributed by atoms with Gasteiger partial charge < -0.3 is 10.6 Å². The van der Waals surface area contributed by atoms with Crippen LogP contribution in [-0.2, 0) is 4.79 Å². The number of rotatable bonds is 5. The first-order chi connectivity index (χ1) is 8.87. The van der Waals surface area contributed by atoms with Crippen LogP contribution in [0.2, 0.25) is 0 Å². The van der Waals surface area contributed by atoms with Crippen molar-refractivity contribution in [3.8, 4) is 0 Å². The largest absolute Gasteiger partial charge is 0.356 e. The van der Waals surface area contributed by atoms with Crippen LogP contribution in [0.1, 0.15) is 59.8 Å². The van der Waals surface area contributed by atoms with E-state index < -0.39 is 0 Å². The van der Waals surface area contributed by atoms with Crippen molar-refractivity contribution in [1.82, 2.24) is 10.6 Å². The van der Waals surface area contributed by atoms with Crippen molar-refractivity contribution >= 4 is 5.91 Å². The quantitative estimate of drug-likeness (QED) is 0.803. The molecule has 2 aliphatic heterocycles. The van der Waals surface area contributed by atoms with Gasteiger partial charge in [-0.05, 0) is 42.9 Å². The van der Waals surface area contributed by atoms with Crippen LogP contribution in [0, 0.1) is 17.3 Å². The highest BCUT2D eigenvalue weighted by Gasteiger charge is 2.34. The molecule has 2 N–H and O–H groups in total. The van der Waals surface area contributed by atoms with Gasteiger partial charge in [-0.15, -0.1) is 0 Å². The fourth-order valence-corrected chi connectivity index (χ4v) is 3.21. The summed E-state index contributed by atoms with van der Waals surface area (Å²) in [5.41, 5.74) is 0.183. The fraction of sp³-hybridized carbons (Fsp3) is 0.938. The maximum absolute atomic E-state index is 12.1. The van der Waals surface area contributed by atoms with Crippen LogP contribution >= 0.6 is 0 Å². The van der Waals surface area contributed by atoms with Gasteiger partial charge in [0, 0.05) is 25.0 Å². The molecule has 0 saturated carbocycles. The minimum absolute atomic E-state index is 0.183. The van der Waals surface area contributed by atoms with E-state index in [0.29, 0.717) is 23.9 Å². The number of nitrogens with one attached hydrogen (secondary N) is 2. The summed E-state index contributed by atoms with van der Waals surface area (Å²) in [5, 5.41) is 6.78. The predicted molar refractivity (Wildman–Crippen MR) is 78.9 cm³/mol. The second-order valence-electron chi connectivity index (χ2n) is 7.60. The van der Waals surface area contributed by atoms with Crippen molar-refractivity contribution < 1.29 is 4.79 Å². The number of piperidine rings is 1. The molecule has 0 spiro atoms. The first-order valence-corrected chi connectivity index (χ1v) is 7.89. The molecule has 2 rings (SSSR count). The zero-order valence-electron chi connectivity index (χ0n) is 13.0. The first-order valence-electron chi connectivity index (χ1n) is 7.89. The predicted octanol–water partition coefficient (Wildman–Crippen LogP) is 2.71. The van der Waals surface area contributed by atoms with Gasteiger partial charge in [0.1, 0.15) is 0 Å². The lowest BCUT2D eigenvalue weighted by Gasteiger charge is -2.31. The van der Waals surface area contributed by atoms with Gasteiger partial charge in [0.15, 0.2) is 0 Å². The van der Waals surface area contributed by atoms with E-state index in [1.54, 1.807) is 0 Å². The molecule has 2 fully saturated rings. The molecule has 2 saturated heterocycles. The van der Waals surface area contributed by atoms with E-state index in [2.05, 4.69) is 38.3 Å². The highest BCUT2D eigenvalue weighted by molar-refractivity contribution is 5.76. The van der Waals surface area contributed by atoms with Gasteiger partial charge in [-0.1, -0.05) is 27.7 Å². The van der Waals surface area contributed by atoms with Gasteiger partial charge in [0.25, 0.3) is 0 Å². The second-order valence-corrected chi connectivity index (χ2v) is 7.60.